The van der Waals surface area contributed by atoms with E-state index < -0.39 is 0 Å². The van der Waals surface area contributed by atoms with Crippen molar-refractivity contribution < 1.29 is 14.3 Å². The molecule has 0 atom stereocenters. The highest BCUT2D eigenvalue weighted by atomic mass is 35.5. The Hall–Kier alpha value is -3.65. The van der Waals surface area contributed by atoms with Crippen LogP contribution in [0.4, 0.5) is 5.82 Å². The molecule has 8 nitrogen and oxygen atoms in total. The Morgan fingerprint density at radius 3 is 2.39 bits per heavy atom. The first-order valence-electron chi connectivity index (χ1n) is 12.0. The number of halogens is 1. The molecule has 2 amide bonds. The number of rotatable bonds is 8. The highest BCUT2D eigenvalue weighted by molar-refractivity contribution is 6.30. The zero-order valence-corrected chi connectivity index (χ0v) is 21.3. The minimum atomic E-state index is -0.160. The zero-order chi connectivity index (χ0) is 25.5. The van der Waals surface area contributed by atoms with Gasteiger partial charge in [-0.2, -0.15) is 0 Å². The normalized spacial score (nSPS) is 13.4. The van der Waals surface area contributed by atoms with Gasteiger partial charge in [0.15, 0.2) is 5.82 Å². The predicted octanol–water partition coefficient (Wildman–Crippen LogP) is 4.01. The van der Waals surface area contributed by atoms with Crippen LogP contribution < -0.4 is 9.64 Å². The Labute approximate surface area is 216 Å². The van der Waals surface area contributed by atoms with Gasteiger partial charge in [0.25, 0.3) is 5.91 Å². The molecule has 1 aliphatic rings. The molecule has 9 heteroatoms. The van der Waals surface area contributed by atoms with Gasteiger partial charge in [-0.15, -0.1) is 10.2 Å². The van der Waals surface area contributed by atoms with Gasteiger partial charge in [-0.25, -0.2) is 0 Å². The van der Waals surface area contributed by atoms with Crippen LogP contribution in [0.3, 0.4) is 0 Å². The molecule has 1 saturated heterocycles. The molecule has 0 bridgehead atoms. The van der Waals surface area contributed by atoms with Gasteiger partial charge >= 0.3 is 0 Å². The molecule has 0 N–H and O–H groups in total. The van der Waals surface area contributed by atoms with E-state index >= 15 is 0 Å². The molecule has 0 aliphatic carbocycles. The summed E-state index contributed by atoms with van der Waals surface area (Å²) >= 11 is 5.94. The second kappa shape index (κ2) is 11.9. The third kappa shape index (κ3) is 6.12. The second-order valence-corrected chi connectivity index (χ2v) is 9.05. The lowest BCUT2D eigenvalue weighted by molar-refractivity contribution is -0.132. The standard InChI is InChI=1S/C27H30ClN5O3/c1-3-13-33(27(35)20-7-9-22(28)10-8-20)19-26(34)32-16-14-31(15-17-32)25-12-11-24(29-30-25)21-5-4-6-23(18-21)36-2/h4-12,18H,3,13-17,19H2,1-2H3. The van der Waals surface area contributed by atoms with E-state index in [1.807, 2.05) is 48.2 Å². The highest BCUT2D eigenvalue weighted by Crippen LogP contribution is 2.23. The number of carbonyl (C=O) groups excluding carboxylic acids is 2. The Kier molecular flexibility index (Phi) is 8.38. The van der Waals surface area contributed by atoms with Crippen LogP contribution in [0.1, 0.15) is 23.7 Å². The average Bonchev–Trinajstić information content (AvgIpc) is 2.93. The minimum absolute atomic E-state index is 0.0510. The number of piperazine rings is 1. The number of benzene rings is 2. The fourth-order valence-corrected chi connectivity index (χ4v) is 4.30. The van der Waals surface area contributed by atoms with Gasteiger partial charge in [0.05, 0.1) is 12.8 Å². The molecule has 0 radical (unpaired) electrons. The summed E-state index contributed by atoms with van der Waals surface area (Å²) in [5.74, 6) is 1.34. The van der Waals surface area contributed by atoms with Gasteiger partial charge < -0.3 is 19.4 Å². The van der Waals surface area contributed by atoms with Gasteiger partial charge in [-0.3, -0.25) is 9.59 Å². The fourth-order valence-electron chi connectivity index (χ4n) is 4.18. The summed E-state index contributed by atoms with van der Waals surface area (Å²) in [7, 11) is 1.64. The molecule has 3 aromatic rings. The van der Waals surface area contributed by atoms with Crippen molar-refractivity contribution in [1.29, 1.82) is 0 Å². The lowest BCUT2D eigenvalue weighted by Crippen LogP contribution is -2.52. The Bertz CT molecular complexity index is 1180. The number of methoxy groups -OCH3 is 1. The van der Waals surface area contributed by atoms with Gasteiger partial charge in [-0.05, 0) is 55.0 Å². The Morgan fingerprint density at radius 2 is 1.75 bits per heavy atom. The molecule has 0 spiro atoms. The summed E-state index contributed by atoms with van der Waals surface area (Å²) in [6.45, 7) is 4.99. The average molecular weight is 508 g/mol. The molecule has 2 aromatic carbocycles. The highest BCUT2D eigenvalue weighted by Gasteiger charge is 2.25. The van der Waals surface area contributed by atoms with E-state index in [9.17, 15) is 9.59 Å². The van der Waals surface area contributed by atoms with E-state index in [-0.39, 0.29) is 18.4 Å². The molecule has 4 rings (SSSR count). The van der Waals surface area contributed by atoms with Crippen molar-refractivity contribution in [2.45, 2.75) is 13.3 Å². The third-order valence-corrected chi connectivity index (χ3v) is 6.42. The zero-order valence-electron chi connectivity index (χ0n) is 20.6. The topological polar surface area (TPSA) is 78.9 Å². The summed E-state index contributed by atoms with van der Waals surface area (Å²) < 4.78 is 5.29. The van der Waals surface area contributed by atoms with Crippen LogP contribution in [-0.4, -0.2) is 78.2 Å². The number of carbonyl (C=O) groups is 2. The third-order valence-electron chi connectivity index (χ3n) is 6.17. The quantitative estimate of drug-likeness (QED) is 0.458. The van der Waals surface area contributed by atoms with E-state index in [1.165, 1.54) is 0 Å². The van der Waals surface area contributed by atoms with Gasteiger partial charge in [0.1, 0.15) is 12.3 Å². The van der Waals surface area contributed by atoms with E-state index in [1.54, 1.807) is 36.3 Å². The second-order valence-electron chi connectivity index (χ2n) is 8.61. The maximum atomic E-state index is 13.0. The number of anilines is 1. The van der Waals surface area contributed by atoms with Crippen molar-refractivity contribution in [2.24, 2.45) is 0 Å². The van der Waals surface area contributed by atoms with Crippen LogP contribution in [0.2, 0.25) is 5.02 Å². The van der Waals surface area contributed by atoms with Crippen molar-refractivity contribution >= 4 is 29.2 Å². The van der Waals surface area contributed by atoms with Gasteiger partial charge in [0, 0.05) is 48.9 Å². The van der Waals surface area contributed by atoms with Gasteiger partial charge in [0.2, 0.25) is 5.91 Å². The smallest absolute Gasteiger partial charge is 0.254 e. The van der Waals surface area contributed by atoms with Crippen molar-refractivity contribution in [1.82, 2.24) is 20.0 Å². The SMILES string of the molecule is CCCN(CC(=O)N1CCN(c2ccc(-c3cccc(OC)c3)nn2)CC1)C(=O)c1ccc(Cl)cc1. The van der Waals surface area contributed by atoms with E-state index in [4.69, 9.17) is 16.3 Å². The Morgan fingerprint density at radius 1 is 1.00 bits per heavy atom. The van der Waals surface area contributed by atoms with E-state index in [2.05, 4.69) is 15.1 Å². The van der Waals surface area contributed by atoms with Crippen molar-refractivity contribution in [3.63, 3.8) is 0 Å². The number of hydrogen-bond donors (Lipinski definition) is 0. The maximum Gasteiger partial charge on any atom is 0.254 e. The lowest BCUT2D eigenvalue weighted by Gasteiger charge is -2.36. The van der Waals surface area contributed by atoms with Crippen LogP contribution in [0.5, 0.6) is 5.75 Å². The summed E-state index contributed by atoms with van der Waals surface area (Å²) in [4.78, 5) is 31.5. The summed E-state index contributed by atoms with van der Waals surface area (Å²) in [5.41, 5.74) is 2.24. The van der Waals surface area contributed by atoms with Crippen LogP contribution in [0.15, 0.2) is 60.7 Å². The summed E-state index contributed by atoms with van der Waals surface area (Å²) in [5, 5.41) is 9.37. The summed E-state index contributed by atoms with van der Waals surface area (Å²) in [6, 6.07) is 18.4. The number of ether oxygens (including phenoxy) is 1. The summed E-state index contributed by atoms with van der Waals surface area (Å²) in [6.07, 6.45) is 0.769. The van der Waals surface area contributed by atoms with Gasteiger partial charge in [-0.1, -0.05) is 30.7 Å². The van der Waals surface area contributed by atoms with Crippen LogP contribution in [0.25, 0.3) is 11.3 Å². The largest absolute Gasteiger partial charge is 0.497 e. The maximum absolute atomic E-state index is 13.0. The van der Waals surface area contributed by atoms with Crippen molar-refractivity contribution in [3.05, 3.63) is 71.2 Å². The molecule has 2 heterocycles. The van der Waals surface area contributed by atoms with Crippen molar-refractivity contribution in [2.75, 3.05) is 51.3 Å². The fraction of sp³-hybridized carbons (Fsp3) is 0.333. The first-order valence-corrected chi connectivity index (χ1v) is 12.4. The van der Waals surface area contributed by atoms with Crippen molar-refractivity contribution in [3.8, 4) is 17.0 Å². The molecule has 0 saturated carbocycles. The monoisotopic (exact) mass is 507 g/mol. The molecule has 1 aromatic heterocycles. The first-order chi connectivity index (χ1) is 17.5. The van der Waals surface area contributed by atoms with Crippen LogP contribution >= 0.6 is 11.6 Å². The molecule has 1 aliphatic heterocycles. The molecule has 1 fully saturated rings. The van der Waals surface area contributed by atoms with E-state index in [0.29, 0.717) is 43.3 Å². The number of hydrogen-bond acceptors (Lipinski definition) is 6. The minimum Gasteiger partial charge on any atom is -0.497 e. The lowest BCUT2D eigenvalue weighted by atomic mass is 10.1. The first kappa shape index (κ1) is 25.4. The molecular formula is C27H30ClN5O3. The molecule has 0 unspecified atom stereocenters. The Balaban J connectivity index is 1.33. The molecular weight excluding hydrogens is 478 g/mol. The predicted molar refractivity (Wildman–Crippen MR) is 140 cm³/mol. The molecule has 188 valence electrons. The van der Waals surface area contributed by atoms with Crippen LogP contribution in [-0.2, 0) is 4.79 Å². The number of aromatic nitrogens is 2. The molecule has 36 heavy (non-hydrogen) atoms. The van der Waals surface area contributed by atoms with Crippen LogP contribution in [0, 0.1) is 0 Å². The number of amides is 2. The number of nitrogens with zero attached hydrogens (tertiary/aromatic N) is 5. The van der Waals surface area contributed by atoms with E-state index in [0.717, 1.165) is 29.2 Å².